The molecule has 3 heteroatoms. The van der Waals surface area contributed by atoms with E-state index in [4.69, 9.17) is 4.74 Å². The van der Waals surface area contributed by atoms with Crippen LogP contribution in [-0.4, -0.2) is 39.9 Å². The summed E-state index contributed by atoms with van der Waals surface area (Å²) in [5.74, 6) is 0.836. The van der Waals surface area contributed by atoms with Gasteiger partial charge in [-0.2, -0.15) is 0 Å². The van der Waals surface area contributed by atoms with Crippen LogP contribution in [-0.2, 0) is 4.74 Å². The van der Waals surface area contributed by atoms with Gasteiger partial charge < -0.3 is 15.4 Å². The van der Waals surface area contributed by atoms with Gasteiger partial charge in [0.2, 0.25) is 0 Å². The first-order chi connectivity index (χ1) is 7.27. The minimum atomic E-state index is 0.807. The second-order valence-corrected chi connectivity index (χ2v) is 4.38. The highest BCUT2D eigenvalue weighted by Gasteiger charge is 1.93. The third-order valence-corrected chi connectivity index (χ3v) is 2.33. The van der Waals surface area contributed by atoms with E-state index in [1.165, 1.54) is 19.3 Å². The van der Waals surface area contributed by atoms with E-state index >= 15 is 0 Å². The van der Waals surface area contributed by atoms with Gasteiger partial charge >= 0.3 is 0 Å². The zero-order valence-electron chi connectivity index (χ0n) is 10.6. The van der Waals surface area contributed by atoms with Crippen molar-refractivity contribution in [1.29, 1.82) is 0 Å². The number of rotatable bonds is 11. The molecule has 0 fully saturated rings. The highest BCUT2D eigenvalue weighted by molar-refractivity contribution is 4.53. The summed E-state index contributed by atoms with van der Waals surface area (Å²) < 4.78 is 4.95. The van der Waals surface area contributed by atoms with E-state index in [1.54, 1.807) is 7.11 Å². The molecule has 0 radical (unpaired) electrons. The number of methoxy groups -OCH3 is 1. The van der Waals surface area contributed by atoms with Gasteiger partial charge in [-0.15, -0.1) is 0 Å². The SMILES string of the molecule is COCCNCCCNCCCC(C)C. The Morgan fingerprint density at radius 1 is 0.933 bits per heavy atom. The fourth-order valence-electron chi connectivity index (χ4n) is 1.40. The molecule has 15 heavy (non-hydrogen) atoms. The molecule has 0 aromatic heterocycles. The Labute approximate surface area is 95.0 Å². The van der Waals surface area contributed by atoms with Crippen LogP contribution in [0.4, 0.5) is 0 Å². The molecule has 0 spiro atoms. The van der Waals surface area contributed by atoms with E-state index in [2.05, 4.69) is 24.5 Å². The van der Waals surface area contributed by atoms with Crippen molar-refractivity contribution in [3.8, 4) is 0 Å². The zero-order chi connectivity index (χ0) is 11.4. The Balaban J connectivity index is 2.87. The first-order valence-corrected chi connectivity index (χ1v) is 6.17. The second-order valence-electron chi connectivity index (χ2n) is 4.38. The van der Waals surface area contributed by atoms with Gasteiger partial charge in [-0.1, -0.05) is 13.8 Å². The first-order valence-electron chi connectivity index (χ1n) is 6.17. The van der Waals surface area contributed by atoms with Crippen LogP contribution in [0.5, 0.6) is 0 Å². The summed E-state index contributed by atoms with van der Waals surface area (Å²) in [6, 6.07) is 0. The molecule has 2 N–H and O–H groups in total. The van der Waals surface area contributed by atoms with Gasteiger partial charge in [0.25, 0.3) is 0 Å². The summed E-state index contributed by atoms with van der Waals surface area (Å²) in [4.78, 5) is 0. The number of ether oxygens (including phenoxy) is 1. The molecule has 0 amide bonds. The van der Waals surface area contributed by atoms with Crippen LogP contribution in [0.25, 0.3) is 0 Å². The molecular weight excluding hydrogens is 188 g/mol. The summed E-state index contributed by atoms with van der Waals surface area (Å²) in [6.07, 6.45) is 3.83. The minimum absolute atomic E-state index is 0.807. The largest absolute Gasteiger partial charge is 0.383 e. The molecule has 0 atom stereocenters. The van der Waals surface area contributed by atoms with Crippen LogP contribution >= 0.6 is 0 Å². The monoisotopic (exact) mass is 216 g/mol. The highest BCUT2D eigenvalue weighted by atomic mass is 16.5. The number of nitrogens with one attached hydrogen (secondary N) is 2. The van der Waals surface area contributed by atoms with E-state index in [0.29, 0.717) is 0 Å². The molecular formula is C12H28N2O. The van der Waals surface area contributed by atoms with Crippen molar-refractivity contribution in [3.63, 3.8) is 0 Å². The average molecular weight is 216 g/mol. The molecule has 0 unspecified atom stereocenters. The summed E-state index contributed by atoms with van der Waals surface area (Å²) >= 11 is 0. The van der Waals surface area contributed by atoms with Crippen LogP contribution < -0.4 is 10.6 Å². The van der Waals surface area contributed by atoms with E-state index in [9.17, 15) is 0 Å². The van der Waals surface area contributed by atoms with Gasteiger partial charge in [0, 0.05) is 13.7 Å². The van der Waals surface area contributed by atoms with E-state index in [0.717, 1.165) is 38.7 Å². The normalized spacial score (nSPS) is 11.2. The Bertz CT molecular complexity index is 118. The van der Waals surface area contributed by atoms with Gasteiger partial charge in [-0.3, -0.25) is 0 Å². The van der Waals surface area contributed by atoms with E-state index in [1.807, 2.05) is 0 Å². The molecule has 0 aliphatic heterocycles. The van der Waals surface area contributed by atoms with E-state index < -0.39 is 0 Å². The standard InChI is InChI=1S/C12H28N2O/c1-12(2)6-4-7-13-8-5-9-14-10-11-15-3/h12-14H,4-11H2,1-3H3. The molecule has 0 saturated heterocycles. The first kappa shape index (κ1) is 14.9. The van der Waals surface area contributed by atoms with Crippen molar-refractivity contribution in [2.24, 2.45) is 5.92 Å². The second kappa shape index (κ2) is 12.0. The molecule has 0 rings (SSSR count). The average Bonchev–Trinajstić information content (AvgIpc) is 2.20. The molecule has 3 nitrogen and oxygen atoms in total. The van der Waals surface area contributed by atoms with Gasteiger partial charge in [-0.25, -0.2) is 0 Å². The van der Waals surface area contributed by atoms with Crippen LogP contribution in [0.1, 0.15) is 33.1 Å². The number of hydrogen-bond acceptors (Lipinski definition) is 3. The molecule has 0 aromatic rings. The van der Waals surface area contributed by atoms with Crippen molar-refractivity contribution in [1.82, 2.24) is 10.6 Å². The number of hydrogen-bond donors (Lipinski definition) is 2. The lowest BCUT2D eigenvalue weighted by atomic mass is 10.1. The smallest absolute Gasteiger partial charge is 0.0587 e. The molecule has 92 valence electrons. The Kier molecular flexibility index (Phi) is 11.9. The molecule has 0 bridgehead atoms. The van der Waals surface area contributed by atoms with Crippen LogP contribution in [0.3, 0.4) is 0 Å². The highest BCUT2D eigenvalue weighted by Crippen LogP contribution is 2.01. The van der Waals surface area contributed by atoms with Crippen molar-refractivity contribution in [2.75, 3.05) is 39.9 Å². The maximum Gasteiger partial charge on any atom is 0.0587 e. The van der Waals surface area contributed by atoms with E-state index in [-0.39, 0.29) is 0 Å². The zero-order valence-corrected chi connectivity index (χ0v) is 10.6. The Morgan fingerprint density at radius 3 is 2.13 bits per heavy atom. The fourth-order valence-corrected chi connectivity index (χ4v) is 1.40. The van der Waals surface area contributed by atoms with Gasteiger partial charge in [0.15, 0.2) is 0 Å². The lowest BCUT2D eigenvalue weighted by Crippen LogP contribution is -2.25. The van der Waals surface area contributed by atoms with Crippen molar-refractivity contribution in [2.45, 2.75) is 33.1 Å². The lowest BCUT2D eigenvalue weighted by molar-refractivity contribution is 0.199. The predicted octanol–water partition coefficient (Wildman–Crippen LogP) is 1.64. The van der Waals surface area contributed by atoms with Crippen molar-refractivity contribution < 1.29 is 4.74 Å². The molecule has 0 aliphatic rings. The van der Waals surface area contributed by atoms with Gasteiger partial charge in [0.1, 0.15) is 0 Å². The van der Waals surface area contributed by atoms with Crippen LogP contribution in [0.2, 0.25) is 0 Å². The third kappa shape index (κ3) is 13.9. The van der Waals surface area contributed by atoms with Crippen molar-refractivity contribution in [3.05, 3.63) is 0 Å². The van der Waals surface area contributed by atoms with Crippen LogP contribution in [0, 0.1) is 5.92 Å². The maximum atomic E-state index is 4.95. The maximum absolute atomic E-state index is 4.95. The third-order valence-electron chi connectivity index (χ3n) is 2.33. The molecule has 0 aromatic carbocycles. The summed E-state index contributed by atoms with van der Waals surface area (Å²) in [7, 11) is 1.73. The molecule has 0 aliphatic carbocycles. The minimum Gasteiger partial charge on any atom is -0.383 e. The van der Waals surface area contributed by atoms with Gasteiger partial charge in [-0.05, 0) is 44.8 Å². The molecule has 0 heterocycles. The summed E-state index contributed by atoms with van der Waals surface area (Å²) in [6.45, 7) is 9.69. The Hall–Kier alpha value is -0.120. The summed E-state index contributed by atoms with van der Waals surface area (Å²) in [5.41, 5.74) is 0. The van der Waals surface area contributed by atoms with Crippen molar-refractivity contribution >= 4 is 0 Å². The van der Waals surface area contributed by atoms with Crippen LogP contribution in [0.15, 0.2) is 0 Å². The quantitative estimate of drug-likeness (QED) is 0.515. The predicted molar refractivity (Wildman–Crippen MR) is 66.3 cm³/mol. The lowest BCUT2D eigenvalue weighted by Gasteiger charge is -2.07. The summed E-state index contributed by atoms with van der Waals surface area (Å²) in [5, 5.41) is 6.79. The fraction of sp³-hybridized carbons (Fsp3) is 1.00. The van der Waals surface area contributed by atoms with Gasteiger partial charge in [0.05, 0.1) is 6.61 Å². The topological polar surface area (TPSA) is 33.3 Å². The Morgan fingerprint density at radius 2 is 1.53 bits per heavy atom. The molecule has 0 saturated carbocycles.